The van der Waals surface area contributed by atoms with Gasteiger partial charge in [-0.15, -0.1) is 0 Å². The van der Waals surface area contributed by atoms with Crippen molar-refractivity contribution in [2.24, 2.45) is 17.0 Å². The number of nitrogens with zero attached hydrogens (tertiary/aromatic N) is 1. The lowest BCUT2D eigenvalue weighted by Crippen LogP contribution is -2.38. The minimum atomic E-state index is -0.884. The molecule has 1 N–H and O–H groups in total. The average molecular weight is 460 g/mol. The van der Waals surface area contributed by atoms with Gasteiger partial charge in [-0.2, -0.15) is 11.8 Å². The predicted molar refractivity (Wildman–Crippen MR) is 123 cm³/mol. The topological polar surface area (TPSA) is 85.2 Å². The first kappa shape index (κ1) is 26.6. The molecule has 8 heteroatoms. The second kappa shape index (κ2) is 13.8. The van der Waals surface area contributed by atoms with Gasteiger partial charge in [0.25, 0.3) is 0 Å². The summed E-state index contributed by atoms with van der Waals surface area (Å²) in [6, 6.07) is 0. The van der Waals surface area contributed by atoms with Gasteiger partial charge in [0, 0.05) is 17.2 Å². The molecule has 0 aromatic rings. The maximum Gasteiger partial charge on any atom is 0.317 e. The van der Waals surface area contributed by atoms with Crippen LogP contribution in [0.1, 0.15) is 60.3 Å². The standard InChI is InChI=1S/C22H34ClNO5S/c1-6-9-17(24-28-11-8-10-23)20-18(25)13-16(12-15(5)30-7-2)19(21(20)26)22(27)29-14(3)4/h8,10,14-16,19,26H,6-7,9,11-13H2,1-5H3. The smallest absolute Gasteiger partial charge is 0.317 e. The number of carbonyl (C=O) groups excluding carboxylic acids is 2. The molecule has 170 valence electrons. The van der Waals surface area contributed by atoms with Gasteiger partial charge in [-0.25, -0.2) is 0 Å². The highest BCUT2D eigenvalue weighted by Gasteiger charge is 2.43. The van der Waals surface area contributed by atoms with Crippen LogP contribution in [0.4, 0.5) is 0 Å². The molecule has 6 nitrogen and oxygen atoms in total. The Balaban J connectivity index is 3.34. The van der Waals surface area contributed by atoms with E-state index in [-0.39, 0.29) is 47.4 Å². The molecule has 0 aromatic heterocycles. The largest absolute Gasteiger partial charge is 0.511 e. The predicted octanol–water partition coefficient (Wildman–Crippen LogP) is 5.41. The third kappa shape index (κ3) is 7.99. The summed E-state index contributed by atoms with van der Waals surface area (Å²) in [6.45, 7) is 9.75. The third-order valence-electron chi connectivity index (χ3n) is 4.65. The minimum absolute atomic E-state index is 0.0875. The van der Waals surface area contributed by atoms with Gasteiger partial charge < -0.3 is 14.7 Å². The Morgan fingerprint density at radius 1 is 1.37 bits per heavy atom. The van der Waals surface area contributed by atoms with Crippen LogP contribution < -0.4 is 0 Å². The minimum Gasteiger partial charge on any atom is -0.511 e. The average Bonchev–Trinajstić information content (AvgIpc) is 2.64. The zero-order valence-corrected chi connectivity index (χ0v) is 20.1. The summed E-state index contributed by atoms with van der Waals surface area (Å²) in [5.41, 5.74) is 1.75. The number of aliphatic hydroxyl groups excluding tert-OH is 1. The molecular formula is C22H34ClNO5S. The number of hydrogen-bond donors (Lipinski definition) is 1. The molecule has 0 heterocycles. The Hall–Kier alpha value is -1.47. The monoisotopic (exact) mass is 459 g/mol. The molecule has 0 fully saturated rings. The fraction of sp³-hybridized carbons (Fsp3) is 0.682. The van der Waals surface area contributed by atoms with Crippen molar-refractivity contribution in [3.05, 3.63) is 22.9 Å². The molecule has 0 radical (unpaired) electrons. The van der Waals surface area contributed by atoms with E-state index in [0.717, 1.165) is 5.75 Å². The van der Waals surface area contributed by atoms with Crippen LogP contribution >= 0.6 is 23.4 Å². The molecule has 30 heavy (non-hydrogen) atoms. The molecule has 0 bridgehead atoms. The van der Waals surface area contributed by atoms with E-state index < -0.39 is 11.9 Å². The quantitative estimate of drug-likeness (QED) is 0.182. The Kier molecular flexibility index (Phi) is 12.2. The highest BCUT2D eigenvalue weighted by atomic mass is 35.5. The normalized spacial score (nSPS) is 21.4. The molecule has 0 aromatic carbocycles. The van der Waals surface area contributed by atoms with Crippen molar-refractivity contribution in [1.82, 2.24) is 0 Å². The Labute approximate surface area is 189 Å². The number of ether oxygens (including phenoxy) is 1. The summed E-state index contributed by atoms with van der Waals surface area (Å²) in [4.78, 5) is 31.1. The van der Waals surface area contributed by atoms with Gasteiger partial charge in [-0.3, -0.25) is 9.59 Å². The molecule has 0 amide bonds. The van der Waals surface area contributed by atoms with Crippen LogP contribution in [0.3, 0.4) is 0 Å². The number of Topliss-reactive ketones (excluding diaryl/α,β-unsaturated/α-hetero) is 1. The molecule has 0 saturated carbocycles. The first-order valence-corrected chi connectivity index (χ1v) is 12.0. The Morgan fingerprint density at radius 3 is 2.63 bits per heavy atom. The third-order valence-corrected chi connectivity index (χ3v) is 5.92. The lowest BCUT2D eigenvalue weighted by molar-refractivity contribution is -0.154. The molecule has 1 aliphatic rings. The van der Waals surface area contributed by atoms with Crippen LogP contribution in [0.25, 0.3) is 0 Å². The van der Waals surface area contributed by atoms with Crippen LogP contribution in [0.5, 0.6) is 0 Å². The van der Waals surface area contributed by atoms with Crippen LogP contribution in [0, 0.1) is 11.8 Å². The number of halogens is 1. The van der Waals surface area contributed by atoms with Gasteiger partial charge in [0.1, 0.15) is 18.3 Å². The number of rotatable bonds is 12. The number of carbonyl (C=O) groups is 2. The van der Waals surface area contributed by atoms with Gasteiger partial charge in [0.15, 0.2) is 5.78 Å². The van der Waals surface area contributed by atoms with Crippen molar-refractivity contribution in [3.63, 3.8) is 0 Å². The molecule has 3 unspecified atom stereocenters. The van der Waals surface area contributed by atoms with E-state index in [9.17, 15) is 14.7 Å². The van der Waals surface area contributed by atoms with E-state index in [1.165, 1.54) is 5.54 Å². The van der Waals surface area contributed by atoms with Gasteiger partial charge in [-0.05, 0) is 44.4 Å². The molecule has 0 spiro atoms. The summed E-state index contributed by atoms with van der Waals surface area (Å²) >= 11 is 7.25. The fourth-order valence-corrected chi connectivity index (χ4v) is 4.57. The van der Waals surface area contributed by atoms with Crippen LogP contribution in [0.2, 0.25) is 0 Å². The van der Waals surface area contributed by atoms with Crippen LogP contribution in [-0.2, 0) is 19.2 Å². The second-order valence-electron chi connectivity index (χ2n) is 7.56. The lowest BCUT2D eigenvalue weighted by Gasteiger charge is -2.32. The zero-order valence-electron chi connectivity index (χ0n) is 18.5. The zero-order chi connectivity index (χ0) is 22.7. The van der Waals surface area contributed by atoms with Crippen molar-refractivity contribution < 1.29 is 24.3 Å². The second-order valence-corrected chi connectivity index (χ2v) is 9.53. The fourth-order valence-electron chi connectivity index (χ4n) is 3.54. The van der Waals surface area contributed by atoms with E-state index in [1.807, 2.05) is 6.92 Å². The van der Waals surface area contributed by atoms with Gasteiger partial charge in [0.05, 0.1) is 17.4 Å². The van der Waals surface area contributed by atoms with E-state index >= 15 is 0 Å². The van der Waals surface area contributed by atoms with Crippen molar-refractivity contribution in [1.29, 1.82) is 0 Å². The van der Waals surface area contributed by atoms with E-state index in [1.54, 1.807) is 31.7 Å². The number of ketones is 1. The molecule has 0 saturated heterocycles. The number of thioether (sulfide) groups is 1. The molecule has 3 atom stereocenters. The van der Waals surface area contributed by atoms with Gasteiger partial charge in [-0.1, -0.05) is 43.9 Å². The summed E-state index contributed by atoms with van der Waals surface area (Å²) in [5.74, 6) is -1.23. The molecule has 1 rings (SSSR count). The number of hydrogen-bond acceptors (Lipinski definition) is 7. The van der Waals surface area contributed by atoms with Gasteiger partial charge in [0.2, 0.25) is 0 Å². The summed E-state index contributed by atoms with van der Waals surface area (Å²) in [7, 11) is 0. The SMILES string of the molecule is CCCC(=NOCC=CCl)C1=C(O)C(C(=O)OC(C)C)C(CC(C)SCC)CC1=O. The summed E-state index contributed by atoms with van der Waals surface area (Å²) in [5, 5.41) is 15.4. The first-order valence-electron chi connectivity index (χ1n) is 10.5. The van der Waals surface area contributed by atoms with E-state index in [4.69, 9.17) is 21.2 Å². The summed E-state index contributed by atoms with van der Waals surface area (Å²) in [6.07, 6.45) is 3.19. The number of aliphatic hydroxyl groups is 1. The van der Waals surface area contributed by atoms with Crippen molar-refractivity contribution >= 4 is 40.8 Å². The summed E-state index contributed by atoms with van der Waals surface area (Å²) < 4.78 is 5.42. The van der Waals surface area contributed by atoms with E-state index in [2.05, 4.69) is 19.0 Å². The van der Waals surface area contributed by atoms with Crippen molar-refractivity contribution in [3.8, 4) is 0 Å². The van der Waals surface area contributed by atoms with Crippen LogP contribution in [-0.4, -0.2) is 46.3 Å². The first-order chi connectivity index (χ1) is 14.3. The lowest BCUT2D eigenvalue weighted by atomic mass is 9.74. The van der Waals surface area contributed by atoms with Crippen LogP contribution in [0.15, 0.2) is 28.1 Å². The maximum absolute atomic E-state index is 13.0. The molecule has 1 aliphatic carbocycles. The van der Waals surface area contributed by atoms with Crippen molar-refractivity contribution in [2.75, 3.05) is 12.4 Å². The molecule has 0 aliphatic heterocycles. The number of allylic oxidation sites excluding steroid dienone is 1. The van der Waals surface area contributed by atoms with Crippen molar-refractivity contribution in [2.45, 2.75) is 71.7 Å². The maximum atomic E-state index is 13.0. The highest BCUT2D eigenvalue weighted by molar-refractivity contribution is 7.99. The number of oxime groups is 1. The molecular weight excluding hydrogens is 426 g/mol. The number of esters is 1. The highest BCUT2D eigenvalue weighted by Crippen LogP contribution is 2.38. The Bertz CT molecular complexity index is 674. The van der Waals surface area contributed by atoms with Gasteiger partial charge >= 0.3 is 5.97 Å². The Morgan fingerprint density at radius 2 is 2.07 bits per heavy atom. The van der Waals surface area contributed by atoms with E-state index in [0.29, 0.717) is 25.0 Å².